The number of hydrogen-bond donors (Lipinski definition) is 0. The van der Waals surface area contributed by atoms with E-state index in [1.165, 1.54) is 109 Å². The van der Waals surface area contributed by atoms with Gasteiger partial charge in [-0.05, 0) is 25.0 Å². The molecule has 1 aromatic rings. The minimum absolute atomic E-state index is 0.0800. The third-order valence-corrected chi connectivity index (χ3v) is 10.4. The van der Waals surface area contributed by atoms with Gasteiger partial charge in [0.15, 0.2) is 0 Å². The van der Waals surface area contributed by atoms with Crippen LogP contribution in [0.2, 0.25) is 0 Å². The van der Waals surface area contributed by atoms with Crippen LogP contribution in [0.4, 0.5) is 5.69 Å². The molecule has 3 rings (SSSR count). The third-order valence-electron chi connectivity index (χ3n) is 9.41. The van der Waals surface area contributed by atoms with Gasteiger partial charge in [-0.2, -0.15) is 0 Å². The molecule has 2 saturated heterocycles. The largest absolute Gasteiger partial charge is 0.756 e. The van der Waals surface area contributed by atoms with Crippen molar-refractivity contribution in [2.75, 3.05) is 39.5 Å². The van der Waals surface area contributed by atoms with E-state index < -0.39 is 26.0 Å². The fraction of sp³-hybridized carbons (Fsp3) is 0.800. The van der Waals surface area contributed by atoms with E-state index in [0.717, 1.165) is 41.9 Å². The highest BCUT2D eigenvalue weighted by Crippen LogP contribution is 2.45. The van der Waals surface area contributed by atoms with Crippen molar-refractivity contribution < 1.29 is 32.8 Å². The second kappa shape index (κ2) is 20.1. The molecule has 2 aliphatic rings. The molecule has 0 saturated carbocycles. The Morgan fingerprint density at radius 1 is 0.932 bits per heavy atom. The highest BCUT2D eigenvalue weighted by Gasteiger charge is 2.46. The van der Waals surface area contributed by atoms with Gasteiger partial charge in [0.25, 0.3) is 7.82 Å². The van der Waals surface area contributed by atoms with Gasteiger partial charge in [-0.15, -0.1) is 0 Å². The maximum absolute atomic E-state index is 12.7. The van der Waals surface area contributed by atoms with E-state index >= 15 is 0 Å². The lowest BCUT2D eigenvalue weighted by Gasteiger charge is -2.32. The Morgan fingerprint density at radius 3 is 2.07 bits per heavy atom. The summed E-state index contributed by atoms with van der Waals surface area (Å²) in [5.74, 6) is 0.292. The van der Waals surface area contributed by atoms with Crippen molar-refractivity contribution in [1.29, 1.82) is 0 Å². The molecule has 9 heteroatoms. The summed E-state index contributed by atoms with van der Waals surface area (Å²) in [5, 5.41) is 0. The van der Waals surface area contributed by atoms with Crippen LogP contribution in [0, 0.1) is 5.92 Å². The quantitative estimate of drug-likeness (QED) is 0.0460. The van der Waals surface area contributed by atoms with E-state index in [1.807, 2.05) is 12.1 Å². The summed E-state index contributed by atoms with van der Waals surface area (Å²) in [6, 6.07) is 8.08. The van der Waals surface area contributed by atoms with Gasteiger partial charge in [0.05, 0.1) is 39.0 Å². The van der Waals surface area contributed by atoms with Crippen molar-refractivity contribution >= 4 is 19.5 Å². The number of hydrogen-bond acceptors (Lipinski definition) is 7. The molecule has 0 spiro atoms. The van der Waals surface area contributed by atoms with E-state index in [9.17, 15) is 14.3 Å². The van der Waals surface area contributed by atoms with Gasteiger partial charge in [0.1, 0.15) is 11.8 Å². The van der Waals surface area contributed by atoms with Gasteiger partial charge < -0.3 is 23.4 Å². The topological polar surface area (TPSA) is 94.1 Å². The Kier molecular flexibility index (Phi) is 17.0. The minimum atomic E-state index is -4.65. The maximum Gasteiger partial charge on any atom is 0.303 e. The molecule has 2 bridgehead atoms. The average Bonchev–Trinajstić information content (AvgIpc) is 3.62. The summed E-state index contributed by atoms with van der Waals surface area (Å²) >= 11 is 0. The number of nitrogens with zero attached hydrogens (tertiary/aromatic N) is 1. The number of rotatable bonds is 25. The molecule has 3 unspecified atom stereocenters. The molecule has 3 atom stereocenters. The smallest absolute Gasteiger partial charge is 0.303 e. The number of carbonyl (C=O) groups excluding carboxylic acids is 1. The van der Waals surface area contributed by atoms with Gasteiger partial charge in [0, 0.05) is 38.4 Å². The molecule has 0 aliphatic carbocycles. The van der Waals surface area contributed by atoms with Crippen LogP contribution >= 0.6 is 7.82 Å². The molecule has 44 heavy (non-hydrogen) atoms. The second-order valence-corrected chi connectivity index (χ2v) is 14.6. The van der Waals surface area contributed by atoms with E-state index in [4.69, 9.17) is 18.5 Å². The summed E-state index contributed by atoms with van der Waals surface area (Å²) < 4.78 is 35.2. The number of piperidine rings is 1. The van der Waals surface area contributed by atoms with Gasteiger partial charge in [0.2, 0.25) is 0 Å². The van der Waals surface area contributed by atoms with Crippen LogP contribution in [0.5, 0.6) is 0 Å². The highest BCUT2D eigenvalue weighted by atomic mass is 31.2. The van der Waals surface area contributed by atoms with Crippen LogP contribution in [-0.2, 0) is 27.9 Å². The third kappa shape index (κ3) is 13.6. The Hall–Kier alpha value is -1.28. The minimum Gasteiger partial charge on any atom is -0.756 e. The predicted molar refractivity (Wildman–Crippen MR) is 175 cm³/mol. The number of fused-ring (bicyclic) bond motifs is 2. The zero-order chi connectivity index (χ0) is 31.7. The fourth-order valence-electron chi connectivity index (χ4n) is 6.83. The molecule has 0 radical (unpaired) electrons. The molecular weight excluding hydrogens is 577 g/mol. The Labute approximate surface area is 267 Å². The maximum atomic E-state index is 12.7. The van der Waals surface area contributed by atoms with E-state index in [2.05, 4.69) is 19.1 Å². The molecule has 8 nitrogen and oxygen atoms in total. The zero-order valence-electron chi connectivity index (χ0n) is 27.8. The van der Waals surface area contributed by atoms with Crippen LogP contribution in [-0.4, -0.2) is 51.5 Å². The van der Waals surface area contributed by atoms with Crippen LogP contribution in [0.15, 0.2) is 24.3 Å². The molecule has 0 N–H and O–H groups in total. The number of phosphoric ester groups is 1. The van der Waals surface area contributed by atoms with Gasteiger partial charge in [-0.1, -0.05) is 103 Å². The monoisotopic (exact) mass is 637 g/mol. The van der Waals surface area contributed by atoms with E-state index in [1.54, 1.807) is 6.92 Å². The predicted octanol–water partition coefficient (Wildman–Crippen LogP) is 8.41. The van der Waals surface area contributed by atoms with Crippen molar-refractivity contribution in [2.45, 2.75) is 136 Å². The summed E-state index contributed by atoms with van der Waals surface area (Å²) in [4.78, 5) is 24.3. The number of phosphoric acid groups is 1. The fourth-order valence-corrected chi connectivity index (χ4v) is 7.75. The standard InChI is InChI=1S/C35H60NO7P/c1-4-5-6-7-8-9-10-11-12-13-14-15-16-17-25-40-28-35(42-31(3)37)29-41-44(38,39)43-30(2)33-19-18-20-34(26-33)36-23-21-32(27-36)22-24-36/h18-20,26,30,32,35H,4-17,21-25,27-29H2,1-3H3. The molecule has 0 aromatic heterocycles. The molecule has 2 fully saturated rings. The first-order valence-corrected chi connectivity index (χ1v) is 19.0. The summed E-state index contributed by atoms with van der Waals surface area (Å²) in [6.07, 6.45) is 19.1. The molecule has 1 aromatic carbocycles. The summed E-state index contributed by atoms with van der Waals surface area (Å²) in [7, 11) is -4.65. The number of ether oxygens (including phenoxy) is 2. The lowest BCUT2D eigenvalue weighted by molar-refractivity contribution is -0.232. The Morgan fingerprint density at radius 2 is 1.52 bits per heavy atom. The van der Waals surface area contributed by atoms with Gasteiger partial charge >= 0.3 is 5.97 Å². The van der Waals surface area contributed by atoms with Crippen LogP contribution in [0.25, 0.3) is 0 Å². The summed E-state index contributed by atoms with van der Waals surface area (Å²) in [6.45, 7) is 9.00. The van der Waals surface area contributed by atoms with Crippen LogP contribution in [0.3, 0.4) is 0 Å². The van der Waals surface area contributed by atoms with Crippen molar-refractivity contribution in [2.24, 2.45) is 5.92 Å². The molecule has 2 aliphatic heterocycles. The average molecular weight is 638 g/mol. The van der Waals surface area contributed by atoms with E-state index in [-0.39, 0.29) is 13.2 Å². The molecular formula is C35H60NO7P. The lowest BCUT2D eigenvalue weighted by Crippen LogP contribution is -2.44. The van der Waals surface area contributed by atoms with Crippen molar-refractivity contribution in [3.8, 4) is 0 Å². The van der Waals surface area contributed by atoms with Crippen molar-refractivity contribution in [1.82, 2.24) is 4.48 Å². The summed E-state index contributed by atoms with van der Waals surface area (Å²) in [5.41, 5.74) is 2.03. The second-order valence-electron chi connectivity index (χ2n) is 13.2. The normalized spacial score (nSPS) is 22.1. The van der Waals surface area contributed by atoms with E-state index in [0.29, 0.717) is 6.61 Å². The Balaban J connectivity index is 1.27. The first-order chi connectivity index (χ1) is 21.2. The number of esters is 1. The SMILES string of the molecule is CCCCCCCCCCCCCCCCOCC(COP(=O)([O-])OC(C)c1cccc([N+]23CCC(CC2)C3)c1)OC(C)=O. The Bertz CT molecular complexity index is 997. The number of quaternary nitrogens is 1. The van der Waals surface area contributed by atoms with Gasteiger partial charge in [-0.3, -0.25) is 13.8 Å². The molecule has 0 amide bonds. The lowest BCUT2D eigenvalue weighted by atomic mass is 10.0. The zero-order valence-corrected chi connectivity index (χ0v) is 28.7. The van der Waals surface area contributed by atoms with Crippen molar-refractivity contribution in [3.63, 3.8) is 0 Å². The highest BCUT2D eigenvalue weighted by molar-refractivity contribution is 7.45. The number of unbranched alkanes of at least 4 members (excludes halogenated alkanes) is 13. The number of carbonyl (C=O) groups is 1. The van der Waals surface area contributed by atoms with Crippen LogP contribution < -0.4 is 9.38 Å². The van der Waals surface area contributed by atoms with Crippen LogP contribution in [0.1, 0.15) is 135 Å². The first kappa shape index (κ1) is 37.2. The van der Waals surface area contributed by atoms with Crippen molar-refractivity contribution in [3.05, 3.63) is 29.8 Å². The number of benzene rings is 1. The molecule has 252 valence electrons. The molecule has 2 heterocycles. The van der Waals surface area contributed by atoms with Gasteiger partial charge in [-0.25, -0.2) is 0 Å². The first-order valence-electron chi connectivity index (χ1n) is 17.6.